The summed E-state index contributed by atoms with van der Waals surface area (Å²) in [5.74, 6) is -0.505. The maximum atomic E-state index is 13.1. The van der Waals surface area contributed by atoms with E-state index in [0.717, 1.165) is 70.6 Å². The van der Waals surface area contributed by atoms with E-state index in [1.165, 1.54) is 122 Å². The second-order valence-corrected chi connectivity index (χ2v) is 16.2. The van der Waals surface area contributed by atoms with Crippen molar-refractivity contribution < 1.29 is 24.5 Å². The highest BCUT2D eigenvalue weighted by Gasteiger charge is 2.24. The van der Waals surface area contributed by atoms with E-state index in [-0.39, 0.29) is 24.9 Å². The number of aliphatic hydroxyl groups excluding tert-OH is 2. The van der Waals surface area contributed by atoms with Gasteiger partial charge in [0.1, 0.15) is 6.10 Å². The Kier molecular flexibility index (Phi) is 41.7. The molecule has 6 heteroatoms. The number of unbranched alkanes of at least 4 members (excludes halogenated alkanes) is 26. The van der Waals surface area contributed by atoms with Gasteiger partial charge in [-0.2, -0.15) is 0 Å². The van der Waals surface area contributed by atoms with Crippen LogP contribution in [-0.2, 0) is 14.3 Å². The molecule has 6 nitrogen and oxygen atoms in total. The number of carbonyl (C=O) groups is 2. The van der Waals surface area contributed by atoms with Crippen LogP contribution in [0.3, 0.4) is 0 Å². The molecule has 0 saturated carbocycles. The molecule has 0 aromatic carbocycles. The second kappa shape index (κ2) is 43.2. The zero-order valence-electron chi connectivity index (χ0n) is 36.6. The number of amides is 1. The molecule has 0 aliphatic rings. The van der Waals surface area contributed by atoms with Crippen LogP contribution < -0.4 is 5.32 Å². The SMILES string of the molecule is CC/C=C/C=C/C=C\CCCCCC(CC(=O)NC(CO)C(O)CCCCCCCCCCCCCCCCC)OC(=O)CCCCCCCCCCCC. The Morgan fingerprint density at radius 1 is 0.545 bits per heavy atom. The maximum Gasteiger partial charge on any atom is 0.306 e. The minimum atomic E-state index is -0.793. The monoisotopic (exact) mass is 774 g/mol. The largest absolute Gasteiger partial charge is 0.462 e. The molecule has 3 N–H and O–H groups in total. The zero-order valence-corrected chi connectivity index (χ0v) is 36.6. The molecule has 0 bridgehead atoms. The lowest BCUT2D eigenvalue weighted by Crippen LogP contribution is -2.46. The minimum absolute atomic E-state index is 0.0575. The van der Waals surface area contributed by atoms with Gasteiger partial charge in [0.25, 0.3) is 0 Å². The highest BCUT2D eigenvalue weighted by atomic mass is 16.5. The van der Waals surface area contributed by atoms with Crippen molar-refractivity contribution in [2.24, 2.45) is 0 Å². The Bertz CT molecular complexity index is 915. The first-order chi connectivity index (χ1) is 27.0. The van der Waals surface area contributed by atoms with Crippen molar-refractivity contribution >= 4 is 11.9 Å². The summed E-state index contributed by atoms with van der Waals surface area (Å²) in [6.45, 7) is 6.33. The molecule has 1 amide bonds. The standard InChI is InChI=1S/C49H91NO5/c1-4-7-10-13-16-19-22-23-24-25-27-29-32-35-38-41-47(52)46(44-51)50-48(53)43-45(40-37-34-31-28-26-20-17-14-11-8-5-2)55-49(54)42-39-36-33-30-21-18-15-12-9-6-3/h8,11,14,17,20,26,45-47,51-52H,4-7,9-10,12-13,15-16,18-19,21-25,27-44H2,1-3H3,(H,50,53)/b11-8+,17-14+,26-20-. The quantitative estimate of drug-likeness (QED) is 0.0326. The summed E-state index contributed by atoms with van der Waals surface area (Å²) >= 11 is 0. The van der Waals surface area contributed by atoms with E-state index in [9.17, 15) is 19.8 Å². The van der Waals surface area contributed by atoms with Crippen molar-refractivity contribution in [3.05, 3.63) is 36.5 Å². The van der Waals surface area contributed by atoms with Crippen molar-refractivity contribution in [3.63, 3.8) is 0 Å². The normalized spacial score (nSPS) is 13.6. The van der Waals surface area contributed by atoms with E-state index in [2.05, 4.69) is 50.4 Å². The lowest BCUT2D eigenvalue weighted by Gasteiger charge is -2.24. The molecule has 55 heavy (non-hydrogen) atoms. The number of hydrogen-bond donors (Lipinski definition) is 3. The number of carbonyl (C=O) groups excluding carboxylic acids is 2. The molecular formula is C49H91NO5. The van der Waals surface area contributed by atoms with Gasteiger partial charge in [0.05, 0.1) is 25.2 Å². The predicted octanol–water partition coefficient (Wildman–Crippen LogP) is 13.7. The molecule has 0 aliphatic carbocycles. The van der Waals surface area contributed by atoms with Crippen LogP contribution >= 0.6 is 0 Å². The smallest absolute Gasteiger partial charge is 0.306 e. The van der Waals surface area contributed by atoms with Gasteiger partial charge in [-0.25, -0.2) is 0 Å². The average Bonchev–Trinajstić information content (AvgIpc) is 3.18. The molecule has 0 rings (SSSR count). The zero-order chi connectivity index (χ0) is 40.3. The fourth-order valence-electron chi connectivity index (χ4n) is 7.19. The number of allylic oxidation sites excluding steroid dienone is 6. The van der Waals surface area contributed by atoms with E-state index in [1.54, 1.807) is 0 Å². The first kappa shape index (κ1) is 53.1. The topological polar surface area (TPSA) is 95.9 Å². The molecule has 0 fully saturated rings. The lowest BCUT2D eigenvalue weighted by molar-refractivity contribution is -0.151. The Balaban J connectivity index is 4.53. The number of hydrogen-bond acceptors (Lipinski definition) is 5. The van der Waals surface area contributed by atoms with E-state index in [0.29, 0.717) is 19.3 Å². The van der Waals surface area contributed by atoms with Crippen LogP contribution in [0.4, 0.5) is 0 Å². The first-order valence-corrected chi connectivity index (χ1v) is 23.7. The molecule has 0 radical (unpaired) electrons. The van der Waals surface area contributed by atoms with Crippen LogP contribution in [0.25, 0.3) is 0 Å². The summed E-state index contributed by atoms with van der Waals surface area (Å²) in [7, 11) is 0. The summed E-state index contributed by atoms with van der Waals surface area (Å²) in [5.41, 5.74) is 0. The third-order valence-electron chi connectivity index (χ3n) is 10.8. The molecule has 3 atom stereocenters. The predicted molar refractivity (Wildman–Crippen MR) is 236 cm³/mol. The van der Waals surface area contributed by atoms with E-state index < -0.39 is 18.2 Å². The number of esters is 1. The fraction of sp³-hybridized carbons (Fsp3) is 0.837. The third-order valence-corrected chi connectivity index (χ3v) is 10.8. The molecule has 3 unspecified atom stereocenters. The van der Waals surface area contributed by atoms with Gasteiger partial charge in [0, 0.05) is 6.42 Å². The number of rotatable bonds is 42. The Labute approximate surface area is 341 Å². The van der Waals surface area contributed by atoms with Gasteiger partial charge < -0.3 is 20.3 Å². The third kappa shape index (κ3) is 38.7. The average molecular weight is 774 g/mol. The Hall–Kier alpha value is -1.92. The van der Waals surface area contributed by atoms with E-state index in [4.69, 9.17) is 4.74 Å². The van der Waals surface area contributed by atoms with Crippen LogP contribution in [0.15, 0.2) is 36.5 Å². The second-order valence-electron chi connectivity index (χ2n) is 16.2. The molecule has 322 valence electrons. The molecule has 0 heterocycles. The summed E-state index contributed by atoms with van der Waals surface area (Å²) in [6.07, 6.45) is 49.2. The van der Waals surface area contributed by atoms with Gasteiger partial charge in [-0.15, -0.1) is 0 Å². The van der Waals surface area contributed by atoms with E-state index >= 15 is 0 Å². The lowest BCUT2D eigenvalue weighted by atomic mass is 10.0. The van der Waals surface area contributed by atoms with Crippen molar-refractivity contribution in [1.82, 2.24) is 5.32 Å². The summed E-state index contributed by atoms with van der Waals surface area (Å²) in [6, 6.07) is -0.708. The summed E-state index contributed by atoms with van der Waals surface area (Å²) in [5, 5.41) is 23.7. The molecule has 0 aliphatic heterocycles. The van der Waals surface area contributed by atoms with Crippen molar-refractivity contribution in [3.8, 4) is 0 Å². The van der Waals surface area contributed by atoms with Gasteiger partial charge in [-0.05, 0) is 44.9 Å². The minimum Gasteiger partial charge on any atom is -0.462 e. The van der Waals surface area contributed by atoms with Crippen molar-refractivity contribution in [2.45, 2.75) is 257 Å². The van der Waals surface area contributed by atoms with Crippen LogP contribution in [-0.4, -0.2) is 46.9 Å². The summed E-state index contributed by atoms with van der Waals surface area (Å²) < 4.78 is 5.88. The number of nitrogens with one attached hydrogen (secondary N) is 1. The van der Waals surface area contributed by atoms with Gasteiger partial charge in [-0.1, -0.05) is 218 Å². The number of ether oxygens (including phenoxy) is 1. The Morgan fingerprint density at radius 3 is 1.47 bits per heavy atom. The van der Waals surface area contributed by atoms with Crippen LogP contribution in [0, 0.1) is 0 Å². The molecule has 0 aromatic heterocycles. The maximum absolute atomic E-state index is 13.1. The molecule has 0 spiro atoms. The molecule has 0 aromatic rings. The fourth-order valence-corrected chi connectivity index (χ4v) is 7.19. The number of aliphatic hydroxyl groups is 2. The Morgan fingerprint density at radius 2 is 0.982 bits per heavy atom. The van der Waals surface area contributed by atoms with Gasteiger partial charge in [0.2, 0.25) is 5.91 Å². The highest BCUT2D eigenvalue weighted by Crippen LogP contribution is 2.17. The van der Waals surface area contributed by atoms with Crippen molar-refractivity contribution in [1.29, 1.82) is 0 Å². The summed E-state index contributed by atoms with van der Waals surface area (Å²) in [4.78, 5) is 25.9. The molecule has 0 saturated heterocycles. The highest BCUT2D eigenvalue weighted by molar-refractivity contribution is 5.77. The first-order valence-electron chi connectivity index (χ1n) is 23.7. The van der Waals surface area contributed by atoms with E-state index in [1.807, 2.05) is 12.2 Å². The van der Waals surface area contributed by atoms with Crippen LogP contribution in [0.2, 0.25) is 0 Å². The molecular weight excluding hydrogens is 683 g/mol. The van der Waals surface area contributed by atoms with Crippen LogP contribution in [0.5, 0.6) is 0 Å². The van der Waals surface area contributed by atoms with Gasteiger partial charge in [0.15, 0.2) is 0 Å². The van der Waals surface area contributed by atoms with Gasteiger partial charge >= 0.3 is 5.97 Å². The van der Waals surface area contributed by atoms with Gasteiger partial charge in [-0.3, -0.25) is 9.59 Å². The van der Waals surface area contributed by atoms with Crippen molar-refractivity contribution in [2.75, 3.05) is 6.61 Å². The van der Waals surface area contributed by atoms with Crippen LogP contribution in [0.1, 0.15) is 239 Å².